The molecule has 0 atom stereocenters. The van der Waals surface area contributed by atoms with Crippen molar-refractivity contribution < 1.29 is 8.81 Å². The van der Waals surface area contributed by atoms with E-state index in [1.165, 1.54) is 12.1 Å². The highest BCUT2D eigenvalue weighted by atomic mass is 19.1. The van der Waals surface area contributed by atoms with Crippen LogP contribution in [0.15, 0.2) is 34.9 Å². The van der Waals surface area contributed by atoms with Gasteiger partial charge in [0.1, 0.15) is 5.82 Å². The molecule has 0 aliphatic rings. The minimum Gasteiger partial charge on any atom is -0.441 e. The van der Waals surface area contributed by atoms with Crippen LogP contribution in [0.2, 0.25) is 0 Å². The quantitative estimate of drug-likeness (QED) is 0.883. The maximum absolute atomic E-state index is 13.1. The number of halogens is 1. The first-order chi connectivity index (χ1) is 8.65. The van der Waals surface area contributed by atoms with Crippen LogP contribution in [0, 0.1) is 5.82 Å². The van der Waals surface area contributed by atoms with Crippen molar-refractivity contribution >= 4 is 0 Å². The number of rotatable bonds is 5. The molecule has 96 valence electrons. The van der Waals surface area contributed by atoms with Crippen LogP contribution in [0.3, 0.4) is 0 Å². The summed E-state index contributed by atoms with van der Waals surface area (Å²) in [5.41, 5.74) is 0.713. The smallest absolute Gasteiger partial charge is 0.196 e. The lowest BCUT2D eigenvalue weighted by Gasteiger charge is -2.05. The van der Waals surface area contributed by atoms with Crippen molar-refractivity contribution in [3.8, 4) is 11.3 Å². The first kappa shape index (κ1) is 12.8. The molecule has 3 nitrogen and oxygen atoms in total. The van der Waals surface area contributed by atoms with Gasteiger partial charge in [-0.25, -0.2) is 9.37 Å². The van der Waals surface area contributed by atoms with Gasteiger partial charge in [-0.2, -0.15) is 0 Å². The predicted octanol–water partition coefficient (Wildman–Crippen LogP) is 3.02. The summed E-state index contributed by atoms with van der Waals surface area (Å²) < 4.78 is 18.7. The summed E-state index contributed by atoms with van der Waals surface area (Å²) in [5, 5.41) is 3.29. The van der Waals surface area contributed by atoms with Crippen molar-refractivity contribution in [1.29, 1.82) is 0 Å². The molecular formula is C14H17FN2O. The van der Waals surface area contributed by atoms with Crippen molar-refractivity contribution in [1.82, 2.24) is 10.3 Å². The Bertz CT molecular complexity index is 508. The molecule has 0 amide bonds. The molecule has 0 unspecified atom stereocenters. The third-order valence-corrected chi connectivity index (χ3v) is 2.55. The Balaban J connectivity index is 2.02. The molecule has 0 spiro atoms. The molecule has 4 heteroatoms. The van der Waals surface area contributed by atoms with E-state index in [1.54, 1.807) is 18.3 Å². The topological polar surface area (TPSA) is 38.1 Å². The molecule has 2 aromatic rings. The van der Waals surface area contributed by atoms with Gasteiger partial charge in [-0.3, -0.25) is 0 Å². The van der Waals surface area contributed by atoms with E-state index >= 15 is 0 Å². The Morgan fingerprint density at radius 3 is 2.94 bits per heavy atom. The molecule has 0 aliphatic carbocycles. The zero-order chi connectivity index (χ0) is 13.0. The van der Waals surface area contributed by atoms with E-state index in [0.29, 0.717) is 23.3 Å². The van der Waals surface area contributed by atoms with E-state index in [0.717, 1.165) is 13.0 Å². The zero-order valence-electron chi connectivity index (χ0n) is 10.6. The fourth-order valence-corrected chi connectivity index (χ4v) is 1.67. The highest BCUT2D eigenvalue weighted by molar-refractivity contribution is 5.56. The van der Waals surface area contributed by atoms with Crippen LogP contribution < -0.4 is 5.32 Å². The van der Waals surface area contributed by atoms with Crippen LogP contribution in [0.1, 0.15) is 19.7 Å². The van der Waals surface area contributed by atoms with E-state index in [-0.39, 0.29) is 5.82 Å². The first-order valence-corrected chi connectivity index (χ1v) is 6.09. The number of nitrogens with zero attached hydrogens (tertiary/aromatic N) is 1. The first-order valence-electron chi connectivity index (χ1n) is 6.09. The van der Waals surface area contributed by atoms with E-state index < -0.39 is 0 Å². The van der Waals surface area contributed by atoms with Crippen LogP contribution >= 0.6 is 0 Å². The van der Waals surface area contributed by atoms with E-state index in [9.17, 15) is 4.39 Å². The van der Waals surface area contributed by atoms with Gasteiger partial charge in [-0.15, -0.1) is 0 Å². The van der Waals surface area contributed by atoms with Crippen LogP contribution in [-0.2, 0) is 6.42 Å². The van der Waals surface area contributed by atoms with Crippen molar-refractivity contribution in [2.45, 2.75) is 26.3 Å². The molecule has 0 saturated carbocycles. The van der Waals surface area contributed by atoms with Crippen LogP contribution in [0.5, 0.6) is 0 Å². The summed E-state index contributed by atoms with van der Waals surface area (Å²) in [7, 11) is 0. The molecule has 0 bridgehead atoms. The standard InChI is InChI=1S/C14H17FN2O/c1-10(2)16-7-6-14-17-9-13(18-14)11-4-3-5-12(15)8-11/h3-5,8-10,16H,6-7H2,1-2H3. The van der Waals surface area contributed by atoms with Gasteiger partial charge in [0.05, 0.1) is 6.20 Å². The Hall–Kier alpha value is -1.68. The highest BCUT2D eigenvalue weighted by Crippen LogP contribution is 2.21. The van der Waals surface area contributed by atoms with Crippen LogP contribution in [0.4, 0.5) is 4.39 Å². The molecule has 1 aromatic heterocycles. The minimum atomic E-state index is -0.271. The second-order valence-corrected chi connectivity index (χ2v) is 4.49. The summed E-state index contributed by atoms with van der Waals surface area (Å²) in [6.45, 7) is 5.00. The molecule has 0 saturated heterocycles. The van der Waals surface area contributed by atoms with E-state index in [4.69, 9.17) is 4.42 Å². The van der Waals surface area contributed by atoms with Crippen molar-refractivity contribution in [3.63, 3.8) is 0 Å². The number of hydrogen-bond donors (Lipinski definition) is 1. The third kappa shape index (κ3) is 3.40. The van der Waals surface area contributed by atoms with Crippen molar-refractivity contribution in [2.24, 2.45) is 0 Å². The molecule has 0 radical (unpaired) electrons. The molecular weight excluding hydrogens is 231 g/mol. The summed E-state index contributed by atoms with van der Waals surface area (Å²) >= 11 is 0. The van der Waals surface area contributed by atoms with Crippen LogP contribution in [0.25, 0.3) is 11.3 Å². The number of hydrogen-bond acceptors (Lipinski definition) is 3. The van der Waals surface area contributed by atoms with Crippen molar-refractivity contribution in [3.05, 3.63) is 42.2 Å². The average molecular weight is 248 g/mol. The van der Waals surface area contributed by atoms with E-state index in [1.807, 2.05) is 0 Å². The molecule has 0 aliphatic heterocycles. The summed E-state index contributed by atoms with van der Waals surface area (Å²) in [6, 6.07) is 6.76. The fraction of sp³-hybridized carbons (Fsp3) is 0.357. The van der Waals surface area contributed by atoms with Gasteiger partial charge in [0.15, 0.2) is 11.7 Å². The Labute approximate surface area is 106 Å². The molecule has 1 N–H and O–H groups in total. The molecule has 1 heterocycles. The number of oxazole rings is 1. The second kappa shape index (κ2) is 5.78. The minimum absolute atomic E-state index is 0.271. The lowest BCUT2D eigenvalue weighted by molar-refractivity contribution is 0.484. The molecule has 2 rings (SSSR count). The normalized spacial score (nSPS) is 11.1. The lowest BCUT2D eigenvalue weighted by atomic mass is 10.2. The van der Waals surface area contributed by atoms with Gasteiger partial charge in [0, 0.05) is 24.6 Å². The maximum atomic E-state index is 13.1. The average Bonchev–Trinajstić information content (AvgIpc) is 2.77. The highest BCUT2D eigenvalue weighted by Gasteiger charge is 2.07. The fourth-order valence-electron chi connectivity index (χ4n) is 1.67. The number of aromatic nitrogens is 1. The Morgan fingerprint density at radius 1 is 1.39 bits per heavy atom. The van der Waals surface area contributed by atoms with Gasteiger partial charge in [-0.05, 0) is 12.1 Å². The van der Waals surface area contributed by atoms with Gasteiger partial charge in [-0.1, -0.05) is 26.0 Å². The summed E-state index contributed by atoms with van der Waals surface area (Å²) in [4.78, 5) is 4.19. The molecule has 0 fully saturated rings. The Morgan fingerprint density at radius 2 is 2.22 bits per heavy atom. The second-order valence-electron chi connectivity index (χ2n) is 4.49. The largest absolute Gasteiger partial charge is 0.441 e. The predicted molar refractivity (Wildman–Crippen MR) is 68.7 cm³/mol. The Kier molecular flexibility index (Phi) is 4.10. The van der Waals surface area contributed by atoms with Gasteiger partial charge in [0.25, 0.3) is 0 Å². The molecule has 18 heavy (non-hydrogen) atoms. The van der Waals surface area contributed by atoms with Crippen LogP contribution in [-0.4, -0.2) is 17.6 Å². The third-order valence-electron chi connectivity index (χ3n) is 2.55. The van der Waals surface area contributed by atoms with E-state index in [2.05, 4.69) is 24.1 Å². The van der Waals surface area contributed by atoms with Gasteiger partial charge in [0.2, 0.25) is 0 Å². The summed E-state index contributed by atoms with van der Waals surface area (Å²) in [6.07, 6.45) is 2.37. The monoisotopic (exact) mass is 248 g/mol. The lowest BCUT2D eigenvalue weighted by Crippen LogP contribution is -2.24. The van der Waals surface area contributed by atoms with Gasteiger partial charge >= 0.3 is 0 Å². The summed E-state index contributed by atoms with van der Waals surface area (Å²) in [5.74, 6) is 1.00. The zero-order valence-corrected chi connectivity index (χ0v) is 10.6. The van der Waals surface area contributed by atoms with Gasteiger partial charge < -0.3 is 9.73 Å². The number of benzene rings is 1. The SMILES string of the molecule is CC(C)NCCc1ncc(-c2cccc(F)c2)o1. The number of nitrogens with one attached hydrogen (secondary N) is 1. The maximum Gasteiger partial charge on any atom is 0.196 e. The molecule has 1 aromatic carbocycles. The van der Waals surface area contributed by atoms with Crippen molar-refractivity contribution in [2.75, 3.05) is 6.54 Å².